The number of thiazole rings is 1. The zero-order chi connectivity index (χ0) is 14.9. The second-order valence-electron chi connectivity index (χ2n) is 3.89. The number of hydrogen-bond acceptors (Lipinski definition) is 5. The van der Waals surface area contributed by atoms with Crippen molar-refractivity contribution in [2.75, 3.05) is 5.32 Å². The number of hydrogen-bond donors (Lipinski definition) is 1. The zero-order valence-electron chi connectivity index (χ0n) is 10.1. The number of halogens is 3. The van der Waals surface area contributed by atoms with E-state index in [2.05, 4.69) is 10.3 Å². The Morgan fingerprint density at radius 3 is 2.75 bits per heavy atom. The standard InChI is InChI=1S/C11H8ClF2N3O2S/c1-5-9(13)7(2-8(10(5)14)17(18)19)15-3-6-4-16-11(12)20-6/h2,4,15H,3H2,1H3. The number of nitrogens with one attached hydrogen (secondary N) is 1. The number of nitro groups is 1. The van der Waals surface area contributed by atoms with Crippen molar-refractivity contribution >= 4 is 34.3 Å². The fraction of sp³-hybridized carbons (Fsp3) is 0.182. The minimum atomic E-state index is -1.17. The lowest BCUT2D eigenvalue weighted by Crippen LogP contribution is -2.05. The number of nitro benzene ring substituents is 1. The van der Waals surface area contributed by atoms with Crippen LogP contribution in [0.3, 0.4) is 0 Å². The highest BCUT2D eigenvalue weighted by Gasteiger charge is 2.22. The Morgan fingerprint density at radius 2 is 2.20 bits per heavy atom. The molecule has 0 atom stereocenters. The predicted molar refractivity (Wildman–Crippen MR) is 72.2 cm³/mol. The average Bonchev–Trinajstić information content (AvgIpc) is 2.80. The Kier molecular flexibility index (Phi) is 4.15. The number of benzene rings is 1. The van der Waals surface area contributed by atoms with E-state index >= 15 is 0 Å². The molecule has 20 heavy (non-hydrogen) atoms. The topological polar surface area (TPSA) is 68.1 Å². The van der Waals surface area contributed by atoms with Gasteiger partial charge in [0.1, 0.15) is 0 Å². The SMILES string of the molecule is Cc1c(F)c(NCc2cnc(Cl)s2)cc([N+](=O)[O-])c1F. The summed E-state index contributed by atoms with van der Waals surface area (Å²) in [6.45, 7) is 1.33. The maximum Gasteiger partial charge on any atom is 0.307 e. The molecule has 1 heterocycles. The van der Waals surface area contributed by atoms with Crippen LogP contribution in [0.5, 0.6) is 0 Å². The fourth-order valence-electron chi connectivity index (χ4n) is 1.56. The molecule has 2 rings (SSSR count). The van der Waals surface area contributed by atoms with Crippen LogP contribution in [0, 0.1) is 28.7 Å². The highest BCUT2D eigenvalue weighted by molar-refractivity contribution is 7.15. The molecule has 9 heteroatoms. The van der Waals surface area contributed by atoms with Gasteiger partial charge in [-0.25, -0.2) is 9.37 Å². The van der Waals surface area contributed by atoms with Crippen LogP contribution >= 0.6 is 22.9 Å². The first kappa shape index (κ1) is 14.6. The minimum absolute atomic E-state index is 0.139. The van der Waals surface area contributed by atoms with Crippen molar-refractivity contribution in [1.82, 2.24) is 4.98 Å². The Labute approximate surface area is 121 Å². The van der Waals surface area contributed by atoms with Crippen LogP contribution in [-0.2, 0) is 6.54 Å². The van der Waals surface area contributed by atoms with Crippen LogP contribution in [-0.4, -0.2) is 9.91 Å². The molecule has 106 valence electrons. The Bertz CT molecular complexity index is 678. The van der Waals surface area contributed by atoms with Gasteiger partial charge in [-0.15, -0.1) is 11.3 Å². The van der Waals surface area contributed by atoms with Gasteiger partial charge in [-0.3, -0.25) is 10.1 Å². The van der Waals surface area contributed by atoms with Gasteiger partial charge in [-0.05, 0) is 6.92 Å². The van der Waals surface area contributed by atoms with Crippen molar-refractivity contribution in [2.45, 2.75) is 13.5 Å². The highest BCUT2D eigenvalue weighted by Crippen LogP contribution is 2.29. The third-order valence-electron chi connectivity index (χ3n) is 2.58. The van der Waals surface area contributed by atoms with E-state index in [1.54, 1.807) is 0 Å². The third-order valence-corrected chi connectivity index (χ3v) is 3.69. The smallest absolute Gasteiger partial charge is 0.307 e. The average molecular weight is 320 g/mol. The number of nitrogens with zero attached hydrogens (tertiary/aromatic N) is 2. The largest absolute Gasteiger partial charge is 0.378 e. The highest BCUT2D eigenvalue weighted by atomic mass is 35.5. The summed E-state index contributed by atoms with van der Waals surface area (Å²) >= 11 is 6.84. The molecule has 0 unspecified atom stereocenters. The van der Waals surface area contributed by atoms with E-state index in [-0.39, 0.29) is 12.2 Å². The minimum Gasteiger partial charge on any atom is -0.378 e. The van der Waals surface area contributed by atoms with Crippen molar-refractivity contribution in [3.63, 3.8) is 0 Å². The van der Waals surface area contributed by atoms with Gasteiger partial charge in [0.25, 0.3) is 0 Å². The monoisotopic (exact) mass is 319 g/mol. The predicted octanol–water partition coefficient (Wildman–Crippen LogP) is 3.90. The van der Waals surface area contributed by atoms with Gasteiger partial charge in [0.05, 0.1) is 17.2 Å². The van der Waals surface area contributed by atoms with Crippen molar-refractivity contribution in [3.8, 4) is 0 Å². The first-order valence-electron chi connectivity index (χ1n) is 5.37. The van der Waals surface area contributed by atoms with E-state index in [4.69, 9.17) is 11.6 Å². The van der Waals surface area contributed by atoms with E-state index in [0.29, 0.717) is 4.47 Å². The maximum atomic E-state index is 13.9. The zero-order valence-corrected chi connectivity index (χ0v) is 11.7. The number of rotatable bonds is 4. The summed E-state index contributed by atoms with van der Waals surface area (Å²) in [7, 11) is 0. The lowest BCUT2D eigenvalue weighted by atomic mass is 10.1. The van der Waals surface area contributed by atoms with Gasteiger partial charge in [0, 0.05) is 22.7 Å². The Hall–Kier alpha value is -1.80. The number of aromatic nitrogens is 1. The normalized spacial score (nSPS) is 10.6. The fourth-order valence-corrected chi connectivity index (χ4v) is 2.48. The summed E-state index contributed by atoms with van der Waals surface area (Å²) in [6, 6.07) is 0.834. The molecule has 0 spiro atoms. The van der Waals surface area contributed by atoms with E-state index in [0.717, 1.165) is 17.9 Å². The molecule has 2 aromatic rings. The van der Waals surface area contributed by atoms with Crippen LogP contribution in [0.15, 0.2) is 12.3 Å². The molecule has 0 saturated carbocycles. The van der Waals surface area contributed by atoms with Gasteiger partial charge >= 0.3 is 5.69 Å². The molecule has 0 bridgehead atoms. The lowest BCUT2D eigenvalue weighted by Gasteiger charge is -2.09. The Balaban J connectivity index is 2.29. The number of anilines is 1. The summed E-state index contributed by atoms with van der Waals surface area (Å²) in [5, 5.41) is 13.4. The molecule has 1 N–H and O–H groups in total. The summed E-state index contributed by atoms with van der Waals surface area (Å²) in [6.07, 6.45) is 1.50. The summed E-state index contributed by atoms with van der Waals surface area (Å²) in [5.41, 5.74) is -1.31. The molecule has 1 aromatic heterocycles. The lowest BCUT2D eigenvalue weighted by molar-refractivity contribution is -0.387. The molecule has 1 aromatic carbocycles. The molecule has 0 aliphatic heterocycles. The van der Waals surface area contributed by atoms with Crippen molar-refractivity contribution in [1.29, 1.82) is 0 Å². The quantitative estimate of drug-likeness (QED) is 0.685. The van der Waals surface area contributed by atoms with Crippen molar-refractivity contribution < 1.29 is 13.7 Å². The first-order valence-corrected chi connectivity index (χ1v) is 6.56. The van der Waals surface area contributed by atoms with E-state index in [1.807, 2.05) is 0 Å². The van der Waals surface area contributed by atoms with Gasteiger partial charge in [0.2, 0.25) is 5.82 Å². The van der Waals surface area contributed by atoms with Gasteiger partial charge in [0.15, 0.2) is 10.3 Å². The molecule has 0 saturated heterocycles. The molecule has 0 fully saturated rings. The van der Waals surface area contributed by atoms with Crippen LogP contribution < -0.4 is 5.32 Å². The molecular formula is C11H8ClF2N3O2S. The second kappa shape index (κ2) is 5.68. The van der Waals surface area contributed by atoms with Gasteiger partial charge in [-0.2, -0.15) is 4.39 Å². The van der Waals surface area contributed by atoms with Gasteiger partial charge < -0.3 is 5.32 Å². The molecule has 0 aliphatic carbocycles. The van der Waals surface area contributed by atoms with Crippen LogP contribution in [0.2, 0.25) is 4.47 Å². The van der Waals surface area contributed by atoms with Crippen LogP contribution in [0.4, 0.5) is 20.2 Å². The Morgan fingerprint density at radius 1 is 1.50 bits per heavy atom. The van der Waals surface area contributed by atoms with Gasteiger partial charge in [-0.1, -0.05) is 11.6 Å². The summed E-state index contributed by atoms with van der Waals surface area (Å²) in [5.74, 6) is -2.03. The van der Waals surface area contributed by atoms with E-state index in [1.165, 1.54) is 17.5 Å². The third kappa shape index (κ3) is 2.86. The van der Waals surface area contributed by atoms with Crippen LogP contribution in [0.25, 0.3) is 0 Å². The molecule has 0 aliphatic rings. The van der Waals surface area contributed by atoms with E-state index in [9.17, 15) is 18.9 Å². The summed E-state index contributed by atoms with van der Waals surface area (Å²) in [4.78, 5) is 14.3. The first-order chi connectivity index (χ1) is 9.40. The van der Waals surface area contributed by atoms with Crippen molar-refractivity contribution in [3.05, 3.63) is 48.9 Å². The molecular weight excluding hydrogens is 312 g/mol. The molecule has 0 amide bonds. The maximum absolute atomic E-state index is 13.9. The van der Waals surface area contributed by atoms with E-state index < -0.39 is 27.8 Å². The second-order valence-corrected chi connectivity index (χ2v) is 5.58. The summed E-state index contributed by atoms with van der Waals surface area (Å²) < 4.78 is 27.7. The molecule has 5 nitrogen and oxygen atoms in total. The van der Waals surface area contributed by atoms with Crippen molar-refractivity contribution in [2.24, 2.45) is 0 Å². The molecule has 0 radical (unpaired) electrons. The van der Waals surface area contributed by atoms with Crippen LogP contribution in [0.1, 0.15) is 10.4 Å².